The summed E-state index contributed by atoms with van der Waals surface area (Å²) in [7, 11) is 0. The van der Waals surface area contributed by atoms with Crippen molar-refractivity contribution in [1.82, 2.24) is 0 Å². The van der Waals surface area contributed by atoms with E-state index in [1.807, 2.05) is 0 Å². The zero-order valence-electron chi connectivity index (χ0n) is 9.32. The number of ether oxygens (including phenoxy) is 2. The van der Waals surface area contributed by atoms with E-state index in [9.17, 15) is 8.78 Å². The highest BCUT2D eigenvalue weighted by Gasteiger charge is 2.60. The molecule has 2 nitrogen and oxygen atoms in total. The van der Waals surface area contributed by atoms with Crippen LogP contribution in [-0.4, -0.2) is 23.9 Å². The van der Waals surface area contributed by atoms with Crippen LogP contribution in [0.2, 0.25) is 0 Å². The Hall–Kier alpha value is -0.220. The van der Waals surface area contributed by atoms with Crippen LogP contribution in [-0.2, 0) is 9.47 Å². The zero-order valence-corrected chi connectivity index (χ0v) is 9.32. The quantitative estimate of drug-likeness (QED) is 0.624. The molecule has 1 aliphatic heterocycles. The van der Waals surface area contributed by atoms with Gasteiger partial charge in [-0.15, -0.1) is 0 Å². The van der Waals surface area contributed by atoms with Gasteiger partial charge in [0.05, 0.1) is 0 Å². The summed E-state index contributed by atoms with van der Waals surface area (Å²) < 4.78 is 38.3. The number of alkyl halides is 2. The topological polar surface area (TPSA) is 18.5 Å². The molecule has 0 aromatic rings. The minimum Gasteiger partial charge on any atom is -0.344 e. The molecule has 88 valence electrons. The van der Waals surface area contributed by atoms with E-state index in [0.717, 1.165) is 19.3 Å². The maximum atomic E-state index is 13.8. The Morgan fingerprint density at radius 2 is 1.60 bits per heavy atom. The van der Waals surface area contributed by atoms with Gasteiger partial charge in [0.1, 0.15) is 12.2 Å². The van der Waals surface area contributed by atoms with Crippen LogP contribution in [0.4, 0.5) is 8.78 Å². The summed E-state index contributed by atoms with van der Waals surface area (Å²) in [5.41, 5.74) is -1.27. The van der Waals surface area contributed by atoms with Crippen molar-refractivity contribution in [3.05, 3.63) is 0 Å². The molecule has 0 radical (unpaired) electrons. The molecule has 0 aromatic carbocycles. The first-order valence-electron chi connectivity index (χ1n) is 5.59. The first-order chi connectivity index (χ1) is 6.87. The Kier molecular flexibility index (Phi) is 2.54. The van der Waals surface area contributed by atoms with Crippen molar-refractivity contribution in [2.75, 3.05) is 6.61 Å². The second-order valence-electron chi connectivity index (χ2n) is 5.05. The van der Waals surface area contributed by atoms with Gasteiger partial charge in [-0.25, -0.2) is 8.78 Å². The molecule has 0 atom stereocenters. The summed E-state index contributed by atoms with van der Waals surface area (Å²) in [6.07, 6.45) is 3.58. The van der Waals surface area contributed by atoms with Gasteiger partial charge < -0.3 is 9.47 Å². The lowest BCUT2D eigenvalue weighted by molar-refractivity contribution is -0.392. The minimum absolute atomic E-state index is 0.451. The van der Waals surface area contributed by atoms with E-state index >= 15 is 0 Å². The van der Waals surface area contributed by atoms with E-state index in [1.165, 1.54) is 0 Å². The molecule has 0 unspecified atom stereocenters. The maximum absolute atomic E-state index is 13.8. The molecule has 2 rings (SSSR count). The van der Waals surface area contributed by atoms with Crippen LogP contribution in [0, 0.1) is 0 Å². The molecule has 1 saturated heterocycles. The monoisotopic (exact) mass is 220 g/mol. The van der Waals surface area contributed by atoms with Gasteiger partial charge in [0.2, 0.25) is 0 Å². The highest BCUT2D eigenvalue weighted by Crippen LogP contribution is 2.49. The predicted molar refractivity (Wildman–Crippen MR) is 51.9 cm³/mol. The van der Waals surface area contributed by atoms with Crippen molar-refractivity contribution in [3.63, 3.8) is 0 Å². The third kappa shape index (κ3) is 1.89. The standard InChI is InChI=1S/C11H18F2O2/c1-9(2)14-8-11(12,13)10(15-9)6-4-3-5-7-10/h3-8H2,1-2H3. The van der Waals surface area contributed by atoms with Crippen LogP contribution < -0.4 is 0 Å². The highest BCUT2D eigenvalue weighted by molar-refractivity contribution is 5.00. The molecule has 1 spiro atoms. The molecule has 15 heavy (non-hydrogen) atoms. The van der Waals surface area contributed by atoms with E-state index in [-0.39, 0.29) is 0 Å². The third-order valence-corrected chi connectivity index (χ3v) is 3.37. The van der Waals surface area contributed by atoms with Crippen LogP contribution >= 0.6 is 0 Å². The van der Waals surface area contributed by atoms with Gasteiger partial charge in [-0.05, 0) is 26.7 Å². The predicted octanol–water partition coefficient (Wildman–Crippen LogP) is 3.11. The first kappa shape index (κ1) is 11.3. The summed E-state index contributed by atoms with van der Waals surface area (Å²) in [6.45, 7) is 2.90. The molecule has 4 heteroatoms. The Labute approximate surface area is 88.9 Å². The molecular formula is C11H18F2O2. The molecule has 1 saturated carbocycles. The second kappa shape index (κ2) is 3.39. The van der Waals surface area contributed by atoms with E-state index in [1.54, 1.807) is 13.8 Å². The van der Waals surface area contributed by atoms with Crippen molar-refractivity contribution in [1.29, 1.82) is 0 Å². The first-order valence-corrected chi connectivity index (χ1v) is 5.59. The number of rotatable bonds is 0. The Morgan fingerprint density at radius 1 is 1.00 bits per heavy atom. The summed E-state index contributed by atoms with van der Waals surface area (Å²) in [6, 6.07) is 0. The van der Waals surface area contributed by atoms with E-state index in [4.69, 9.17) is 9.47 Å². The molecule has 1 heterocycles. The zero-order chi connectivity index (χ0) is 11.2. The van der Waals surface area contributed by atoms with Crippen LogP contribution in [0.5, 0.6) is 0 Å². The van der Waals surface area contributed by atoms with E-state index < -0.39 is 23.9 Å². The van der Waals surface area contributed by atoms with Gasteiger partial charge in [-0.1, -0.05) is 19.3 Å². The minimum atomic E-state index is -2.84. The number of halogens is 2. The van der Waals surface area contributed by atoms with E-state index in [0.29, 0.717) is 12.8 Å². The summed E-state index contributed by atoms with van der Waals surface area (Å²) >= 11 is 0. The smallest absolute Gasteiger partial charge is 0.299 e. The fraction of sp³-hybridized carbons (Fsp3) is 1.00. The summed E-state index contributed by atoms with van der Waals surface area (Å²) in [4.78, 5) is 0. The third-order valence-electron chi connectivity index (χ3n) is 3.37. The molecule has 0 N–H and O–H groups in total. The molecule has 0 aromatic heterocycles. The average molecular weight is 220 g/mol. The largest absolute Gasteiger partial charge is 0.344 e. The molecular weight excluding hydrogens is 202 g/mol. The number of hydrogen-bond acceptors (Lipinski definition) is 2. The highest BCUT2D eigenvalue weighted by atomic mass is 19.3. The molecule has 2 aliphatic rings. The van der Waals surface area contributed by atoms with Crippen molar-refractivity contribution in [3.8, 4) is 0 Å². The lowest BCUT2D eigenvalue weighted by Crippen LogP contribution is -2.62. The van der Waals surface area contributed by atoms with Crippen molar-refractivity contribution in [2.24, 2.45) is 0 Å². The second-order valence-corrected chi connectivity index (χ2v) is 5.05. The van der Waals surface area contributed by atoms with Crippen LogP contribution in [0.3, 0.4) is 0 Å². The van der Waals surface area contributed by atoms with Gasteiger partial charge in [0, 0.05) is 0 Å². The number of hydrogen-bond donors (Lipinski definition) is 0. The Balaban J connectivity index is 2.23. The lowest BCUT2D eigenvalue weighted by atomic mass is 9.79. The molecule has 0 amide bonds. The maximum Gasteiger partial charge on any atom is 0.299 e. The SMILES string of the molecule is CC1(C)OCC(F)(F)C2(CCCCC2)O1. The Bertz CT molecular complexity index is 245. The normalized spacial score (nSPS) is 32.8. The Morgan fingerprint density at radius 3 is 2.20 bits per heavy atom. The van der Waals surface area contributed by atoms with Crippen molar-refractivity contribution in [2.45, 2.75) is 63.3 Å². The fourth-order valence-corrected chi connectivity index (χ4v) is 2.56. The van der Waals surface area contributed by atoms with Gasteiger partial charge in [0.25, 0.3) is 5.92 Å². The van der Waals surface area contributed by atoms with Crippen LogP contribution in [0.1, 0.15) is 46.0 Å². The van der Waals surface area contributed by atoms with Gasteiger partial charge in [-0.2, -0.15) is 0 Å². The van der Waals surface area contributed by atoms with Crippen LogP contribution in [0.15, 0.2) is 0 Å². The van der Waals surface area contributed by atoms with Gasteiger partial charge in [-0.3, -0.25) is 0 Å². The van der Waals surface area contributed by atoms with Crippen molar-refractivity contribution < 1.29 is 18.3 Å². The van der Waals surface area contributed by atoms with Crippen molar-refractivity contribution >= 4 is 0 Å². The van der Waals surface area contributed by atoms with Gasteiger partial charge >= 0.3 is 0 Å². The molecule has 1 aliphatic carbocycles. The summed E-state index contributed by atoms with van der Waals surface area (Å²) in [5.74, 6) is -3.72. The average Bonchev–Trinajstić information content (AvgIpc) is 2.14. The van der Waals surface area contributed by atoms with Crippen LogP contribution in [0.25, 0.3) is 0 Å². The fourth-order valence-electron chi connectivity index (χ4n) is 2.56. The van der Waals surface area contributed by atoms with Gasteiger partial charge in [0.15, 0.2) is 5.79 Å². The molecule has 2 fully saturated rings. The summed E-state index contributed by atoms with van der Waals surface area (Å²) in [5, 5.41) is 0. The lowest BCUT2D eigenvalue weighted by Gasteiger charge is -2.51. The molecule has 0 bridgehead atoms. The van der Waals surface area contributed by atoms with E-state index in [2.05, 4.69) is 0 Å².